The van der Waals surface area contributed by atoms with Crippen LogP contribution in [0.2, 0.25) is 0 Å². The third kappa shape index (κ3) is 3.67. The maximum absolute atomic E-state index is 11.9. The van der Waals surface area contributed by atoms with Gasteiger partial charge in [-0.15, -0.1) is 0 Å². The van der Waals surface area contributed by atoms with Gasteiger partial charge in [-0.25, -0.2) is 0 Å². The van der Waals surface area contributed by atoms with E-state index in [4.69, 9.17) is 5.73 Å². The molecule has 0 aliphatic carbocycles. The Bertz CT molecular complexity index is 905. The molecule has 0 atom stereocenters. The van der Waals surface area contributed by atoms with Crippen molar-refractivity contribution in [3.05, 3.63) is 54.5 Å². The maximum atomic E-state index is 11.9. The number of amides is 1. The van der Waals surface area contributed by atoms with Gasteiger partial charge in [-0.3, -0.25) is 14.8 Å². The molecule has 0 saturated heterocycles. The first-order chi connectivity index (χ1) is 12.6. The van der Waals surface area contributed by atoms with Crippen LogP contribution < -0.4 is 11.1 Å². The molecule has 2 heterocycles. The molecule has 26 heavy (non-hydrogen) atoms. The van der Waals surface area contributed by atoms with E-state index < -0.39 is 5.91 Å². The molecule has 0 aliphatic rings. The number of fused-ring (bicyclic) bond motifs is 1. The SMILES string of the molecule is CCC(CC)CNc1c(C(N)=O)cnc2ccc(-c3ccncc3)cc12. The molecule has 3 rings (SSSR count). The van der Waals surface area contributed by atoms with E-state index in [-0.39, 0.29) is 0 Å². The van der Waals surface area contributed by atoms with E-state index in [1.807, 2.05) is 24.3 Å². The predicted octanol–water partition coefficient (Wildman–Crippen LogP) is 4.24. The van der Waals surface area contributed by atoms with E-state index in [1.54, 1.807) is 18.6 Å². The number of hydrogen-bond acceptors (Lipinski definition) is 4. The third-order valence-corrected chi connectivity index (χ3v) is 4.87. The third-order valence-electron chi connectivity index (χ3n) is 4.87. The highest BCUT2D eigenvalue weighted by molar-refractivity contribution is 6.07. The molecule has 0 aliphatic heterocycles. The van der Waals surface area contributed by atoms with Crippen molar-refractivity contribution >= 4 is 22.5 Å². The molecule has 5 heteroatoms. The lowest BCUT2D eigenvalue weighted by Gasteiger charge is -2.18. The minimum absolute atomic E-state index is 0.426. The van der Waals surface area contributed by atoms with Crippen LogP contribution in [0, 0.1) is 5.92 Å². The summed E-state index contributed by atoms with van der Waals surface area (Å²) in [6.07, 6.45) is 7.26. The first-order valence-electron chi connectivity index (χ1n) is 9.00. The van der Waals surface area contributed by atoms with Crippen LogP contribution in [0.15, 0.2) is 48.9 Å². The molecule has 0 radical (unpaired) electrons. The number of nitrogens with two attached hydrogens (primary N) is 1. The second-order valence-electron chi connectivity index (χ2n) is 6.44. The summed E-state index contributed by atoms with van der Waals surface area (Å²) in [5.74, 6) is 0.0723. The van der Waals surface area contributed by atoms with E-state index in [0.29, 0.717) is 11.5 Å². The topological polar surface area (TPSA) is 80.9 Å². The van der Waals surface area contributed by atoms with Gasteiger partial charge >= 0.3 is 0 Å². The van der Waals surface area contributed by atoms with E-state index in [0.717, 1.165) is 47.1 Å². The fraction of sp³-hybridized carbons (Fsp3) is 0.286. The molecule has 2 aromatic heterocycles. The van der Waals surface area contributed by atoms with Crippen LogP contribution in [-0.4, -0.2) is 22.4 Å². The van der Waals surface area contributed by atoms with Crippen LogP contribution in [0.25, 0.3) is 22.0 Å². The molecular weight excluding hydrogens is 324 g/mol. The second kappa shape index (κ2) is 7.95. The van der Waals surface area contributed by atoms with Crippen molar-refractivity contribution in [3.63, 3.8) is 0 Å². The maximum Gasteiger partial charge on any atom is 0.252 e. The Labute approximate surface area is 153 Å². The number of benzene rings is 1. The van der Waals surface area contributed by atoms with Gasteiger partial charge in [-0.05, 0) is 41.3 Å². The van der Waals surface area contributed by atoms with Gasteiger partial charge in [-0.1, -0.05) is 32.8 Å². The van der Waals surface area contributed by atoms with Crippen molar-refractivity contribution in [2.24, 2.45) is 11.7 Å². The quantitative estimate of drug-likeness (QED) is 0.669. The van der Waals surface area contributed by atoms with Crippen LogP contribution in [0.5, 0.6) is 0 Å². The average Bonchev–Trinajstić information content (AvgIpc) is 2.68. The van der Waals surface area contributed by atoms with E-state index >= 15 is 0 Å². The summed E-state index contributed by atoms with van der Waals surface area (Å²) in [7, 11) is 0. The summed E-state index contributed by atoms with van der Waals surface area (Å²) in [5.41, 5.74) is 9.74. The minimum Gasteiger partial charge on any atom is -0.384 e. The molecule has 5 nitrogen and oxygen atoms in total. The van der Waals surface area contributed by atoms with Crippen molar-refractivity contribution in [1.82, 2.24) is 9.97 Å². The first-order valence-corrected chi connectivity index (χ1v) is 9.00. The molecule has 0 unspecified atom stereocenters. The van der Waals surface area contributed by atoms with Gasteiger partial charge in [0.15, 0.2) is 0 Å². The lowest BCUT2D eigenvalue weighted by molar-refractivity contribution is 0.100. The van der Waals surface area contributed by atoms with Crippen molar-refractivity contribution in [3.8, 4) is 11.1 Å². The van der Waals surface area contributed by atoms with Gasteiger partial charge in [0, 0.05) is 30.5 Å². The average molecular weight is 348 g/mol. The lowest BCUT2D eigenvalue weighted by atomic mass is 10.0. The number of rotatable bonds is 7. The van der Waals surface area contributed by atoms with Crippen molar-refractivity contribution in [2.75, 3.05) is 11.9 Å². The zero-order valence-corrected chi connectivity index (χ0v) is 15.2. The fourth-order valence-electron chi connectivity index (χ4n) is 3.12. The lowest BCUT2D eigenvalue weighted by Crippen LogP contribution is -2.18. The van der Waals surface area contributed by atoms with E-state index in [1.165, 1.54) is 0 Å². The minimum atomic E-state index is -0.472. The number of pyridine rings is 2. The number of carbonyl (C=O) groups is 1. The largest absolute Gasteiger partial charge is 0.384 e. The molecule has 134 valence electrons. The van der Waals surface area contributed by atoms with Crippen LogP contribution >= 0.6 is 0 Å². The van der Waals surface area contributed by atoms with Gasteiger partial charge in [0.2, 0.25) is 0 Å². The highest BCUT2D eigenvalue weighted by Crippen LogP contribution is 2.30. The van der Waals surface area contributed by atoms with Crippen LogP contribution in [-0.2, 0) is 0 Å². The van der Waals surface area contributed by atoms with Crippen LogP contribution in [0.1, 0.15) is 37.0 Å². The standard InChI is InChI=1S/C21H24N4O/c1-3-14(4-2)12-25-20-17-11-16(15-7-9-23-10-8-15)5-6-19(17)24-13-18(20)21(22)26/h5-11,13-14H,3-4,12H2,1-2H3,(H2,22,26)(H,24,25). The Morgan fingerprint density at radius 3 is 2.50 bits per heavy atom. The summed E-state index contributed by atoms with van der Waals surface area (Å²) in [4.78, 5) is 20.4. The van der Waals surface area contributed by atoms with Crippen molar-refractivity contribution in [2.45, 2.75) is 26.7 Å². The van der Waals surface area contributed by atoms with Gasteiger partial charge in [0.1, 0.15) is 0 Å². The first kappa shape index (κ1) is 17.9. The zero-order chi connectivity index (χ0) is 18.5. The number of hydrogen-bond donors (Lipinski definition) is 2. The number of primary amides is 1. The monoisotopic (exact) mass is 348 g/mol. The number of carbonyl (C=O) groups excluding carboxylic acids is 1. The fourth-order valence-corrected chi connectivity index (χ4v) is 3.12. The molecule has 3 aromatic rings. The predicted molar refractivity (Wildman–Crippen MR) is 106 cm³/mol. The van der Waals surface area contributed by atoms with E-state index in [9.17, 15) is 4.79 Å². The molecule has 0 spiro atoms. The molecule has 0 saturated carbocycles. The van der Waals surface area contributed by atoms with Crippen LogP contribution in [0.4, 0.5) is 5.69 Å². The van der Waals surface area contributed by atoms with Gasteiger partial charge < -0.3 is 11.1 Å². The second-order valence-corrected chi connectivity index (χ2v) is 6.44. The highest BCUT2D eigenvalue weighted by Gasteiger charge is 2.15. The van der Waals surface area contributed by atoms with Gasteiger partial charge in [0.05, 0.1) is 16.8 Å². The number of anilines is 1. The summed E-state index contributed by atoms with van der Waals surface area (Å²) in [6, 6.07) is 9.98. The number of nitrogens with one attached hydrogen (secondary N) is 1. The molecule has 3 N–H and O–H groups in total. The Morgan fingerprint density at radius 1 is 1.12 bits per heavy atom. The number of aromatic nitrogens is 2. The summed E-state index contributed by atoms with van der Waals surface area (Å²) in [6.45, 7) is 5.15. The van der Waals surface area contributed by atoms with Gasteiger partial charge in [0.25, 0.3) is 5.91 Å². The highest BCUT2D eigenvalue weighted by atomic mass is 16.1. The Morgan fingerprint density at radius 2 is 1.85 bits per heavy atom. The Balaban J connectivity index is 2.10. The van der Waals surface area contributed by atoms with Crippen molar-refractivity contribution in [1.29, 1.82) is 0 Å². The molecule has 0 fully saturated rings. The summed E-state index contributed by atoms with van der Waals surface area (Å²) < 4.78 is 0. The number of nitrogens with zero attached hydrogens (tertiary/aromatic N) is 2. The normalized spacial score (nSPS) is 11.0. The van der Waals surface area contributed by atoms with Crippen molar-refractivity contribution < 1.29 is 4.79 Å². The smallest absolute Gasteiger partial charge is 0.252 e. The summed E-state index contributed by atoms with van der Waals surface area (Å²) in [5, 5.41) is 4.37. The Hall–Kier alpha value is -2.95. The summed E-state index contributed by atoms with van der Waals surface area (Å²) >= 11 is 0. The van der Waals surface area contributed by atoms with Gasteiger partial charge in [-0.2, -0.15) is 0 Å². The molecule has 0 bridgehead atoms. The van der Waals surface area contributed by atoms with E-state index in [2.05, 4.69) is 35.2 Å². The molecular formula is C21H24N4O. The molecule has 1 amide bonds. The Kier molecular flexibility index (Phi) is 5.46. The molecule has 1 aromatic carbocycles. The zero-order valence-electron chi connectivity index (χ0n) is 15.2. The van der Waals surface area contributed by atoms with Crippen LogP contribution in [0.3, 0.4) is 0 Å².